The third-order valence-electron chi connectivity index (χ3n) is 11.2. The number of benzene rings is 5. The minimum absolute atomic E-state index is 0. The fraction of sp³-hybridized carbons (Fsp3) is 0.231. The molecule has 10 radical (unpaired) electrons. The van der Waals surface area contributed by atoms with E-state index in [0.29, 0.717) is 47.2 Å². The van der Waals surface area contributed by atoms with Gasteiger partial charge in [0.2, 0.25) is 0 Å². The average molecular weight is 1050 g/mol. The van der Waals surface area contributed by atoms with Gasteiger partial charge in [0.1, 0.15) is 11.5 Å². The maximum absolute atomic E-state index is 14.3. The Bertz CT molecular complexity index is 2310. The molecule has 364 valence electrons. The van der Waals surface area contributed by atoms with E-state index in [-0.39, 0.29) is 35.1 Å². The van der Waals surface area contributed by atoms with Crippen molar-refractivity contribution in [2.24, 2.45) is 0 Å². The number of ether oxygens (including phenoxy) is 2. The van der Waals surface area contributed by atoms with Crippen molar-refractivity contribution in [2.75, 3.05) is 14.2 Å². The molecule has 0 spiro atoms. The van der Waals surface area contributed by atoms with Gasteiger partial charge in [-0.2, -0.15) is 52.7 Å². The SMILES string of the molecule is COc1c(C)cc(P(c2cc(C)c(OC)c(C)c2)c2ccccc2[C]2[CH][CH][CH][C]2[C@@H](C)P(c2cc(C(F)(F)F)cc(C(F)(F)F)c2)c2cc(C(F)(F)F)cc(C(F)(F)F)c2)cc1C.[CH]1[CH][CH][CH][CH]1.[Fe+2]. The molecule has 5 aromatic rings. The van der Waals surface area contributed by atoms with Crippen LogP contribution in [0.5, 0.6) is 11.5 Å². The Morgan fingerprint density at radius 2 is 0.797 bits per heavy atom. The summed E-state index contributed by atoms with van der Waals surface area (Å²) in [4.78, 5) is 0. The van der Waals surface area contributed by atoms with Crippen molar-refractivity contribution < 1.29 is 79.2 Å². The standard InChI is InChI=1S/C47H39F12O2P2.C5H5.Fe/c1-25-15-34(16-26(2)42(25)60-6)63(35-17-27(3)43(61-7)28(4)18-35)41-14-9-8-11-40(41)39-13-10-12-38(39)29(5)62(36-21-30(44(48,49)50)19-31(22-36)45(51,52)53)37-23-32(46(54,55)56)20-33(24-37)47(57,58)59;1-2-4-5-3-1;/h8-24,29H,1-7H3;1-5H;/q;;+2/t29-;;/m1../s1. The van der Waals surface area contributed by atoms with Crippen LogP contribution in [0.1, 0.15) is 57.0 Å². The van der Waals surface area contributed by atoms with E-state index in [4.69, 9.17) is 9.47 Å². The van der Waals surface area contributed by atoms with Gasteiger partial charge in [0, 0.05) is 5.92 Å². The van der Waals surface area contributed by atoms with Gasteiger partial charge in [-0.1, -0.05) is 31.2 Å². The maximum atomic E-state index is 14.3. The molecule has 0 N–H and O–H groups in total. The summed E-state index contributed by atoms with van der Waals surface area (Å²) in [6.45, 7) is 8.98. The number of hydrogen-bond donors (Lipinski definition) is 0. The quantitative estimate of drug-likeness (QED) is 0.0788. The molecule has 0 aromatic heterocycles. The summed E-state index contributed by atoms with van der Waals surface area (Å²) in [6, 6.07) is 16.4. The normalized spacial score (nSPS) is 15.6. The summed E-state index contributed by atoms with van der Waals surface area (Å²) < 4.78 is 183. The second-order valence-corrected chi connectivity index (χ2v) is 20.7. The van der Waals surface area contributed by atoms with Crippen LogP contribution in [0.15, 0.2) is 84.9 Å². The van der Waals surface area contributed by atoms with Crippen molar-refractivity contribution in [3.63, 3.8) is 0 Å². The molecule has 2 aliphatic carbocycles. The van der Waals surface area contributed by atoms with E-state index < -0.39 is 79.1 Å². The maximum Gasteiger partial charge on any atom is 2.00 e. The molecular formula is C52H44F12FeO2P2+2. The van der Waals surface area contributed by atoms with Crippen LogP contribution in [0, 0.1) is 90.9 Å². The van der Waals surface area contributed by atoms with Gasteiger partial charge >= 0.3 is 41.8 Å². The Labute approximate surface area is 408 Å². The first-order valence-electron chi connectivity index (χ1n) is 20.7. The summed E-state index contributed by atoms with van der Waals surface area (Å²) in [5.74, 6) is 2.07. The number of halogens is 12. The minimum atomic E-state index is -5.36. The monoisotopic (exact) mass is 1050 g/mol. The van der Waals surface area contributed by atoms with Crippen LogP contribution in [-0.4, -0.2) is 19.9 Å². The second-order valence-electron chi connectivity index (χ2n) is 16.0. The van der Waals surface area contributed by atoms with Crippen LogP contribution in [0.2, 0.25) is 0 Å². The van der Waals surface area contributed by atoms with E-state index in [1.165, 1.54) is 13.3 Å². The van der Waals surface area contributed by atoms with Gasteiger partial charge < -0.3 is 9.47 Å². The summed E-state index contributed by atoms with van der Waals surface area (Å²) in [6.07, 6.45) is -6.65. The number of hydrogen-bond acceptors (Lipinski definition) is 2. The molecule has 17 heteroatoms. The molecule has 0 unspecified atom stereocenters. The fourth-order valence-electron chi connectivity index (χ4n) is 8.34. The fourth-order valence-corrected chi connectivity index (χ4v) is 14.0. The predicted octanol–water partition coefficient (Wildman–Crippen LogP) is 13.4. The van der Waals surface area contributed by atoms with Gasteiger partial charge in [-0.25, -0.2) is 0 Å². The molecule has 2 saturated carbocycles. The van der Waals surface area contributed by atoms with Crippen molar-refractivity contribution in [3.8, 4) is 11.5 Å². The van der Waals surface area contributed by atoms with Gasteiger partial charge in [0.25, 0.3) is 0 Å². The molecule has 5 aromatic carbocycles. The molecule has 0 amide bonds. The third kappa shape index (κ3) is 13.0. The van der Waals surface area contributed by atoms with Crippen LogP contribution >= 0.6 is 15.8 Å². The van der Waals surface area contributed by atoms with E-state index in [2.05, 4.69) is 0 Å². The molecule has 2 aliphatic rings. The average Bonchev–Trinajstić information content (AvgIpc) is 4.00. The summed E-state index contributed by atoms with van der Waals surface area (Å²) in [5, 5.41) is 1.12. The number of aryl methyl sites for hydroxylation is 4. The van der Waals surface area contributed by atoms with Gasteiger partial charge in [-0.15, -0.1) is 0 Å². The van der Waals surface area contributed by atoms with Gasteiger partial charge in [-0.3, -0.25) is 0 Å². The van der Waals surface area contributed by atoms with E-state index in [1.807, 2.05) is 96.2 Å². The molecule has 7 rings (SSSR count). The van der Waals surface area contributed by atoms with Crippen molar-refractivity contribution in [3.05, 3.63) is 198 Å². The minimum Gasteiger partial charge on any atom is -0.496 e. The Morgan fingerprint density at radius 1 is 0.449 bits per heavy atom. The van der Waals surface area contributed by atoms with E-state index in [0.717, 1.165) is 38.2 Å². The zero-order valence-corrected chi connectivity index (χ0v) is 40.8. The summed E-state index contributed by atoms with van der Waals surface area (Å²) in [7, 11) is -1.25. The van der Waals surface area contributed by atoms with Gasteiger partial charge in [0.05, 0.1) is 36.5 Å². The first-order valence-corrected chi connectivity index (χ1v) is 23.5. The van der Waals surface area contributed by atoms with E-state index in [1.54, 1.807) is 39.2 Å². The summed E-state index contributed by atoms with van der Waals surface area (Å²) in [5.41, 5.74) is -4.35. The van der Waals surface area contributed by atoms with Crippen molar-refractivity contribution in [1.29, 1.82) is 0 Å². The van der Waals surface area contributed by atoms with Crippen LogP contribution < -0.4 is 36.0 Å². The van der Waals surface area contributed by atoms with Gasteiger partial charge in [-0.05, 0) is 221 Å². The Hall–Kier alpha value is -3.76. The largest absolute Gasteiger partial charge is 2.00 e. The topological polar surface area (TPSA) is 18.5 Å². The second kappa shape index (κ2) is 22.3. The molecule has 69 heavy (non-hydrogen) atoms. The molecule has 0 saturated heterocycles. The predicted molar refractivity (Wildman–Crippen MR) is 246 cm³/mol. The first-order chi connectivity index (χ1) is 31.7. The first kappa shape index (κ1) is 56.2. The molecule has 2 fully saturated rings. The molecule has 0 bridgehead atoms. The molecule has 1 atom stereocenters. The van der Waals surface area contributed by atoms with E-state index in [9.17, 15) is 52.7 Å². The van der Waals surface area contributed by atoms with Crippen molar-refractivity contribution >= 4 is 42.4 Å². The molecule has 2 nitrogen and oxygen atoms in total. The zero-order chi connectivity index (χ0) is 50.1. The van der Waals surface area contributed by atoms with E-state index >= 15 is 0 Å². The van der Waals surface area contributed by atoms with Crippen LogP contribution in [0.25, 0.3) is 0 Å². The van der Waals surface area contributed by atoms with Crippen LogP contribution in [0.3, 0.4) is 0 Å². The Kier molecular flexibility index (Phi) is 18.2. The molecule has 0 heterocycles. The molecular weight excluding hydrogens is 1000 g/mol. The summed E-state index contributed by atoms with van der Waals surface area (Å²) >= 11 is 0. The van der Waals surface area contributed by atoms with Gasteiger partial charge in [0.15, 0.2) is 0 Å². The zero-order valence-electron chi connectivity index (χ0n) is 37.9. The van der Waals surface area contributed by atoms with Crippen molar-refractivity contribution in [2.45, 2.75) is 65.0 Å². The smallest absolute Gasteiger partial charge is 0.496 e. The number of rotatable bonds is 10. The van der Waals surface area contributed by atoms with Crippen LogP contribution in [-0.2, 0) is 41.8 Å². The van der Waals surface area contributed by atoms with Crippen molar-refractivity contribution in [1.82, 2.24) is 0 Å². The van der Waals surface area contributed by atoms with Crippen LogP contribution in [0.4, 0.5) is 52.7 Å². The number of methoxy groups -OCH3 is 2. The number of alkyl halides is 12. The Balaban J connectivity index is 0.00000139. The Morgan fingerprint density at radius 3 is 1.13 bits per heavy atom. The molecule has 0 aliphatic heterocycles. The third-order valence-corrected chi connectivity index (χ3v) is 16.3.